The fraction of sp³-hybridized carbons (Fsp3) is 0.364. The van der Waals surface area contributed by atoms with Crippen molar-refractivity contribution in [2.24, 2.45) is 0 Å². The molecule has 0 radical (unpaired) electrons. The van der Waals surface area contributed by atoms with Crippen LogP contribution < -0.4 is 4.74 Å². The number of carbonyl (C=O) groups excluding carboxylic acids is 1. The minimum atomic E-state index is -0.530. The molecule has 0 amide bonds. The lowest BCUT2D eigenvalue weighted by atomic mass is 10.2. The summed E-state index contributed by atoms with van der Waals surface area (Å²) < 4.78 is 18.3. The Labute approximate surface area is 82.7 Å². The molecule has 0 saturated carbocycles. The lowest BCUT2D eigenvalue weighted by molar-refractivity contribution is -0.122. The molecule has 0 aliphatic heterocycles. The van der Waals surface area contributed by atoms with Gasteiger partial charge in [0.1, 0.15) is 11.6 Å². The molecule has 0 heterocycles. The smallest absolute Gasteiger partial charge is 0.169 e. The van der Waals surface area contributed by atoms with Crippen molar-refractivity contribution < 1.29 is 13.9 Å². The number of carbonyl (C=O) groups is 1. The van der Waals surface area contributed by atoms with Crippen molar-refractivity contribution >= 4 is 5.78 Å². The van der Waals surface area contributed by atoms with Gasteiger partial charge in [-0.1, -0.05) is 6.07 Å². The maximum absolute atomic E-state index is 13.1. The molecule has 0 bridgehead atoms. The number of ether oxygens (including phenoxy) is 1. The van der Waals surface area contributed by atoms with Crippen LogP contribution in [-0.2, 0) is 4.79 Å². The molecule has 0 spiro atoms. The number of Topliss-reactive ketones (excluding diaryl/α,β-unsaturated/α-hetero) is 1. The molecule has 1 atom stereocenters. The van der Waals surface area contributed by atoms with E-state index < -0.39 is 6.10 Å². The molecule has 0 fully saturated rings. The molecule has 0 saturated heterocycles. The number of ketones is 1. The molecule has 0 N–H and O–H groups in total. The van der Waals surface area contributed by atoms with Crippen LogP contribution in [0.2, 0.25) is 0 Å². The molecule has 0 aliphatic rings. The molecule has 76 valence electrons. The predicted molar refractivity (Wildman–Crippen MR) is 51.9 cm³/mol. The predicted octanol–water partition coefficient (Wildman–Crippen LogP) is 2.49. The van der Waals surface area contributed by atoms with E-state index in [0.717, 1.165) is 0 Å². The average Bonchev–Trinajstić information content (AvgIpc) is 2.11. The van der Waals surface area contributed by atoms with Crippen molar-refractivity contribution in [3.05, 3.63) is 29.6 Å². The highest BCUT2D eigenvalue weighted by molar-refractivity contribution is 5.80. The van der Waals surface area contributed by atoms with Gasteiger partial charge in [0.2, 0.25) is 0 Å². The van der Waals surface area contributed by atoms with Gasteiger partial charge < -0.3 is 4.74 Å². The van der Waals surface area contributed by atoms with Crippen LogP contribution in [0.5, 0.6) is 5.75 Å². The van der Waals surface area contributed by atoms with E-state index in [0.29, 0.717) is 11.3 Å². The van der Waals surface area contributed by atoms with E-state index in [1.54, 1.807) is 26.0 Å². The summed E-state index contributed by atoms with van der Waals surface area (Å²) in [5.41, 5.74) is 0.563. The van der Waals surface area contributed by atoms with Crippen LogP contribution in [-0.4, -0.2) is 11.9 Å². The van der Waals surface area contributed by atoms with Gasteiger partial charge in [-0.25, -0.2) is 4.39 Å². The molecule has 2 nitrogen and oxygen atoms in total. The maximum Gasteiger partial charge on any atom is 0.169 e. The van der Waals surface area contributed by atoms with Gasteiger partial charge in [0, 0.05) is 6.07 Å². The van der Waals surface area contributed by atoms with Crippen LogP contribution in [0.25, 0.3) is 0 Å². The first-order chi connectivity index (χ1) is 6.50. The SMILES string of the molecule is CC(=O)C(C)Oc1ccc(C)c(F)c1. The fourth-order valence-corrected chi connectivity index (χ4v) is 0.934. The molecular formula is C11H13FO2. The number of aryl methyl sites for hydroxylation is 1. The molecule has 1 aromatic rings. The first-order valence-corrected chi connectivity index (χ1v) is 4.44. The van der Waals surface area contributed by atoms with Crippen LogP contribution in [0, 0.1) is 12.7 Å². The summed E-state index contributed by atoms with van der Waals surface area (Å²) in [5.74, 6) is -0.0139. The second-order valence-corrected chi connectivity index (χ2v) is 3.28. The average molecular weight is 196 g/mol. The van der Waals surface area contributed by atoms with Crippen molar-refractivity contribution in [1.29, 1.82) is 0 Å². The lowest BCUT2D eigenvalue weighted by Crippen LogP contribution is -2.20. The zero-order valence-electron chi connectivity index (χ0n) is 8.50. The van der Waals surface area contributed by atoms with Crippen molar-refractivity contribution in [3.8, 4) is 5.75 Å². The molecular weight excluding hydrogens is 183 g/mol. The van der Waals surface area contributed by atoms with Gasteiger partial charge in [0.15, 0.2) is 11.9 Å². The molecule has 14 heavy (non-hydrogen) atoms. The van der Waals surface area contributed by atoms with E-state index in [9.17, 15) is 9.18 Å². The Bertz CT molecular complexity index is 347. The first-order valence-electron chi connectivity index (χ1n) is 4.44. The second kappa shape index (κ2) is 4.22. The minimum Gasteiger partial charge on any atom is -0.483 e. The zero-order chi connectivity index (χ0) is 10.7. The number of halogens is 1. The van der Waals surface area contributed by atoms with Crippen molar-refractivity contribution in [2.45, 2.75) is 26.9 Å². The largest absolute Gasteiger partial charge is 0.483 e. The number of benzene rings is 1. The number of rotatable bonds is 3. The van der Waals surface area contributed by atoms with Gasteiger partial charge in [-0.05, 0) is 32.4 Å². The van der Waals surface area contributed by atoms with Crippen LogP contribution >= 0.6 is 0 Å². The summed E-state index contributed by atoms with van der Waals surface area (Å²) in [5, 5.41) is 0. The topological polar surface area (TPSA) is 26.3 Å². The summed E-state index contributed by atoms with van der Waals surface area (Å²) in [4.78, 5) is 10.9. The van der Waals surface area contributed by atoms with Gasteiger partial charge in [0.25, 0.3) is 0 Å². The van der Waals surface area contributed by atoms with Crippen molar-refractivity contribution in [2.75, 3.05) is 0 Å². The second-order valence-electron chi connectivity index (χ2n) is 3.28. The standard InChI is InChI=1S/C11H13FO2/c1-7-4-5-10(6-11(7)12)14-9(3)8(2)13/h4-6,9H,1-3H3. The highest BCUT2D eigenvalue weighted by Crippen LogP contribution is 2.17. The van der Waals surface area contributed by atoms with E-state index in [1.165, 1.54) is 13.0 Å². The Hall–Kier alpha value is -1.38. The third-order valence-electron chi connectivity index (χ3n) is 2.03. The Balaban J connectivity index is 2.78. The van der Waals surface area contributed by atoms with Crippen molar-refractivity contribution in [3.63, 3.8) is 0 Å². The third-order valence-corrected chi connectivity index (χ3v) is 2.03. The van der Waals surface area contributed by atoms with E-state index in [1.807, 2.05) is 0 Å². The van der Waals surface area contributed by atoms with Crippen molar-refractivity contribution in [1.82, 2.24) is 0 Å². The van der Waals surface area contributed by atoms with Crippen LogP contribution in [0.4, 0.5) is 4.39 Å². The molecule has 1 rings (SSSR count). The Kier molecular flexibility index (Phi) is 3.23. The van der Waals surface area contributed by atoms with Crippen LogP contribution in [0.15, 0.2) is 18.2 Å². The zero-order valence-corrected chi connectivity index (χ0v) is 8.50. The van der Waals surface area contributed by atoms with Gasteiger partial charge in [-0.3, -0.25) is 4.79 Å². The highest BCUT2D eigenvalue weighted by atomic mass is 19.1. The Morgan fingerprint density at radius 3 is 2.64 bits per heavy atom. The van der Waals surface area contributed by atoms with Gasteiger partial charge >= 0.3 is 0 Å². The van der Waals surface area contributed by atoms with E-state index in [4.69, 9.17) is 4.74 Å². The first kappa shape index (κ1) is 10.7. The number of hydrogen-bond donors (Lipinski definition) is 0. The lowest BCUT2D eigenvalue weighted by Gasteiger charge is -2.11. The molecule has 1 aromatic carbocycles. The molecule has 0 aromatic heterocycles. The molecule has 0 aliphatic carbocycles. The van der Waals surface area contributed by atoms with E-state index in [-0.39, 0.29) is 11.6 Å². The third kappa shape index (κ3) is 2.55. The fourth-order valence-electron chi connectivity index (χ4n) is 0.934. The van der Waals surface area contributed by atoms with Crippen LogP contribution in [0.1, 0.15) is 19.4 Å². The summed E-state index contributed by atoms with van der Waals surface area (Å²) in [6, 6.07) is 4.56. The summed E-state index contributed by atoms with van der Waals surface area (Å²) in [7, 11) is 0. The normalized spacial score (nSPS) is 12.3. The van der Waals surface area contributed by atoms with Gasteiger partial charge in [-0.15, -0.1) is 0 Å². The van der Waals surface area contributed by atoms with E-state index in [2.05, 4.69) is 0 Å². The molecule has 3 heteroatoms. The Morgan fingerprint density at radius 2 is 2.14 bits per heavy atom. The highest BCUT2D eigenvalue weighted by Gasteiger charge is 2.09. The maximum atomic E-state index is 13.1. The summed E-state index contributed by atoms with van der Waals surface area (Å²) in [6.45, 7) is 4.75. The summed E-state index contributed by atoms with van der Waals surface area (Å²) in [6.07, 6.45) is -0.530. The minimum absolute atomic E-state index is 0.0778. The number of hydrogen-bond acceptors (Lipinski definition) is 2. The monoisotopic (exact) mass is 196 g/mol. The van der Waals surface area contributed by atoms with E-state index >= 15 is 0 Å². The van der Waals surface area contributed by atoms with Gasteiger partial charge in [-0.2, -0.15) is 0 Å². The quantitative estimate of drug-likeness (QED) is 0.742. The summed E-state index contributed by atoms with van der Waals surface area (Å²) >= 11 is 0. The Morgan fingerprint density at radius 1 is 1.50 bits per heavy atom. The molecule has 1 unspecified atom stereocenters. The van der Waals surface area contributed by atoms with Gasteiger partial charge in [0.05, 0.1) is 0 Å². The van der Waals surface area contributed by atoms with Crippen LogP contribution in [0.3, 0.4) is 0 Å².